The number of carboxylic acids is 2. The van der Waals surface area contributed by atoms with Gasteiger partial charge < -0.3 is 25.3 Å². The van der Waals surface area contributed by atoms with Gasteiger partial charge in [-0.3, -0.25) is 4.98 Å². The van der Waals surface area contributed by atoms with Gasteiger partial charge in [0.1, 0.15) is 5.75 Å². The molecule has 0 bridgehead atoms. The number of aliphatic carboxylic acids is 2. The third kappa shape index (κ3) is 7.78. The van der Waals surface area contributed by atoms with Crippen LogP contribution in [0.4, 0.5) is 10.5 Å². The van der Waals surface area contributed by atoms with Crippen molar-refractivity contribution in [2.24, 2.45) is 0 Å². The van der Waals surface area contributed by atoms with E-state index in [0.29, 0.717) is 24.4 Å². The minimum absolute atomic E-state index is 0.363. The number of pyridine rings is 1. The molecule has 10 nitrogen and oxygen atoms in total. The summed E-state index contributed by atoms with van der Waals surface area (Å²) < 4.78 is 5.50. The lowest BCUT2D eigenvalue weighted by Gasteiger charge is -2.30. The van der Waals surface area contributed by atoms with Crippen molar-refractivity contribution in [3.8, 4) is 5.75 Å². The van der Waals surface area contributed by atoms with E-state index in [4.69, 9.17) is 14.9 Å². The van der Waals surface area contributed by atoms with Crippen molar-refractivity contribution in [3.05, 3.63) is 66.0 Å². The molecule has 0 saturated heterocycles. The number of nitrogens with zero attached hydrogens (tertiary/aromatic N) is 3. The third-order valence-electron chi connectivity index (χ3n) is 4.13. The summed E-state index contributed by atoms with van der Waals surface area (Å²) in [5.74, 6) is -1.89. The van der Waals surface area contributed by atoms with E-state index in [-0.39, 0.29) is 6.09 Å². The molecule has 31 heavy (non-hydrogen) atoms. The Labute approximate surface area is 179 Å². The Hall–Kier alpha value is -3.92. The molecular formula is C21H24N4O6. The molecule has 1 amide bonds. The van der Waals surface area contributed by atoms with Crippen LogP contribution < -0.4 is 10.2 Å². The number of ether oxygens (including phenoxy) is 1. The second-order valence-corrected chi connectivity index (χ2v) is 6.69. The van der Waals surface area contributed by atoms with Gasteiger partial charge in [-0.2, -0.15) is 0 Å². The van der Waals surface area contributed by atoms with E-state index in [1.54, 1.807) is 26.5 Å². The smallest absolute Gasteiger partial charge is 0.414 e. The zero-order chi connectivity index (χ0) is 22.8. The maximum atomic E-state index is 11.8. The summed E-state index contributed by atoms with van der Waals surface area (Å²) in [6.07, 6.45) is 5.16. The summed E-state index contributed by atoms with van der Waals surface area (Å²) in [5.41, 5.74) is 6.63. The Morgan fingerprint density at radius 3 is 2.32 bits per heavy atom. The Bertz CT molecular complexity index is 930. The number of hydrogen-bond acceptors (Lipinski definition) is 7. The predicted octanol–water partition coefficient (Wildman–Crippen LogP) is 2.24. The molecule has 0 aliphatic carbocycles. The molecule has 1 aromatic carbocycles. The lowest BCUT2D eigenvalue weighted by atomic mass is 10.00. The Balaban J connectivity index is 0.000000366. The van der Waals surface area contributed by atoms with Crippen molar-refractivity contribution in [2.75, 3.05) is 26.1 Å². The molecule has 0 fully saturated rings. The van der Waals surface area contributed by atoms with Crippen molar-refractivity contribution < 1.29 is 29.3 Å². The maximum absolute atomic E-state index is 11.8. The van der Waals surface area contributed by atoms with E-state index >= 15 is 0 Å². The number of anilines is 1. The highest BCUT2D eigenvalue weighted by Gasteiger charge is 2.21. The van der Waals surface area contributed by atoms with Crippen molar-refractivity contribution in [1.29, 1.82) is 0 Å². The lowest BCUT2D eigenvalue weighted by molar-refractivity contribution is -0.134. The standard InChI is InChI=1S/C17H20N4O2.C4H4O4/c1-20(2)17(22)23-16-5-3-4-13-8-11-21(12-15(13)16)19-14-6-9-18-10-7-14;5-3(6)1-2-4(7)8/h3-7,9-10H,8,11-12H2,1-2H3,(H,18,19);1-2H,(H,5,6)(H,7,8)/b;2-1+. The largest absolute Gasteiger partial charge is 0.478 e. The van der Waals surface area contributed by atoms with E-state index < -0.39 is 11.9 Å². The number of nitrogens with one attached hydrogen (secondary N) is 1. The Morgan fingerprint density at radius 2 is 1.74 bits per heavy atom. The number of hydrogen-bond donors (Lipinski definition) is 3. The molecule has 0 spiro atoms. The molecule has 2 aromatic rings. The number of carbonyl (C=O) groups is 3. The van der Waals surface area contributed by atoms with Crippen LogP contribution >= 0.6 is 0 Å². The van der Waals surface area contributed by atoms with Crippen LogP contribution in [0.2, 0.25) is 0 Å². The number of carboxylic acid groups (broad SMARTS) is 2. The van der Waals surface area contributed by atoms with Crippen LogP contribution in [0, 0.1) is 0 Å². The van der Waals surface area contributed by atoms with Gasteiger partial charge in [-0.25, -0.2) is 19.4 Å². The summed E-state index contributed by atoms with van der Waals surface area (Å²) in [6.45, 7) is 1.56. The fourth-order valence-electron chi connectivity index (χ4n) is 2.68. The summed E-state index contributed by atoms with van der Waals surface area (Å²) in [7, 11) is 3.35. The molecular weight excluding hydrogens is 404 g/mol. The SMILES string of the molecule is CN(C)C(=O)Oc1cccc2c1CN(Nc1ccncc1)CC2.O=C(O)/C=C/C(=O)O. The second-order valence-electron chi connectivity index (χ2n) is 6.69. The van der Waals surface area contributed by atoms with Gasteiger partial charge in [-0.15, -0.1) is 0 Å². The zero-order valence-corrected chi connectivity index (χ0v) is 17.2. The van der Waals surface area contributed by atoms with Gasteiger partial charge in [0.15, 0.2) is 0 Å². The molecule has 0 radical (unpaired) electrons. The first-order valence-corrected chi connectivity index (χ1v) is 9.31. The highest BCUT2D eigenvalue weighted by Crippen LogP contribution is 2.28. The van der Waals surface area contributed by atoms with Gasteiger partial charge in [-0.1, -0.05) is 12.1 Å². The predicted molar refractivity (Wildman–Crippen MR) is 113 cm³/mol. The molecule has 164 valence electrons. The molecule has 0 unspecified atom stereocenters. The van der Waals surface area contributed by atoms with Gasteiger partial charge in [0.2, 0.25) is 0 Å². The average Bonchev–Trinajstić information content (AvgIpc) is 2.74. The summed E-state index contributed by atoms with van der Waals surface area (Å²) in [4.78, 5) is 36.4. The summed E-state index contributed by atoms with van der Waals surface area (Å²) in [5, 5.41) is 17.7. The lowest BCUT2D eigenvalue weighted by Crippen LogP contribution is -2.36. The van der Waals surface area contributed by atoms with Crippen molar-refractivity contribution in [2.45, 2.75) is 13.0 Å². The number of hydrazine groups is 1. The quantitative estimate of drug-likeness (QED) is 0.613. The summed E-state index contributed by atoms with van der Waals surface area (Å²) in [6, 6.07) is 9.71. The van der Waals surface area contributed by atoms with Crippen LogP contribution in [-0.4, -0.2) is 63.8 Å². The van der Waals surface area contributed by atoms with Gasteiger partial charge >= 0.3 is 18.0 Å². The molecule has 3 N–H and O–H groups in total. The van der Waals surface area contributed by atoms with Crippen LogP contribution in [0.3, 0.4) is 0 Å². The van der Waals surface area contributed by atoms with Gasteiger partial charge in [0.05, 0.1) is 5.69 Å². The van der Waals surface area contributed by atoms with Crippen LogP contribution in [0.1, 0.15) is 11.1 Å². The monoisotopic (exact) mass is 428 g/mol. The zero-order valence-electron chi connectivity index (χ0n) is 17.2. The second kappa shape index (κ2) is 11.3. The minimum Gasteiger partial charge on any atom is -0.478 e. The van der Waals surface area contributed by atoms with Gasteiger partial charge in [0, 0.05) is 57.3 Å². The highest BCUT2D eigenvalue weighted by molar-refractivity contribution is 5.89. The highest BCUT2D eigenvalue weighted by atomic mass is 16.6. The van der Waals surface area contributed by atoms with E-state index in [9.17, 15) is 14.4 Å². The normalized spacial score (nSPS) is 12.8. The number of amides is 1. The fourth-order valence-corrected chi connectivity index (χ4v) is 2.68. The number of benzene rings is 1. The molecule has 0 saturated carbocycles. The third-order valence-corrected chi connectivity index (χ3v) is 4.13. The van der Waals surface area contributed by atoms with Gasteiger partial charge in [-0.05, 0) is 30.2 Å². The van der Waals surface area contributed by atoms with Crippen molar-refractivity contribution in [1.82, 2.24) is 14.9 Å². The number of carbonyl (C=O) groups excluding carboxylic acids is 1. The Morgan fingerprint density at radius 1 is 1.10 bits per heavy atom. The van der Waals surface area contributed by atoms with Crippen LogP contribution in [-0.2, 0) is 22.6 Å². The molecule has 0 atom stereocenters. The Kier molecular flexibility index (Phi) is 8.52. The molecule has 1 aliphatic rings. The van der Waals surface area contributed by atoms with E-state index in [1.807, 2.05) is 24.3 Å². The first-order chi connectivity index (χ1) is 14.8. The number of fused-ring (bicyclic) bond motifs is 1. The maximum Gasteiger partial charge on any atom is 0.414 e. The van der Waals surface area contributed by atoms with Crippen molar-refractivity contribution in [3.63, 3.8) is 0 Å². The van der Waals surface area contributed by atoms with Crippen LogP contribution in [0.25, 0.3) is 0 Å². The van der Waals surface area contributed by atoms with E-state index in [2.05, 4.69) is 21.5 Å². The fraction of sp³-hybridized carbons (Fsp3) is 0.238. The van der Waals surface area contributed by atoms with Crippen LogP contribution in [0.15, 0.2) is 54.9 Å². The van der Waals surface area contributed by atoms with Crippen molar-refractivity contribution >= 4 is 23.7 Å². The molecule has 3 rings (SSSR count). The van der Waals surface area contributed by atoms with E-state index in [0.717, 1.165) is 24.2 Å². The average molecular weight is 428 g/mol. The van der Waals surface area contributed by atoms with Crippen LogP contribution in [0.5, 0.6) is 5.75 Å². The molecule has 10 heteroatoms. The minimum atomic E-state index is -1.26. The number of rotatable bonds is 5. The molecule has 1 aromatic heterocycles. The van der Waals surface area contributed by atoms with E-state index in [1.165, 1.54) is 10.5 Å². The first-order valence-electron chi connectivity index (χ1n) is 9.31. The molecule has 1 aliphatic heterocycles. The van der Waals surface area contributed by atoms with Gasteiger partial charge in [0.25, 0.3) is 0 Å². The molecule has 2 heterocycles. The summed E-state index contributed by atoms with van der Waals surface area (Å²) >= 11 is 0. The topological polar surface area (TPSA) is 132 Å². The first kappa shape index (κ1) is 23.4. The number of aromatic nitrogens is 1.